The number of aromatic amines is 1. The minimum absolute atomic E-state index is 0.0574. The van der Waals surface area contributed by atoms with Crippen molar-refractivity contribution in [3.63, 3.8) is 0 Å². The zero-order chi connectivity index (χ0) is 13.9. The van der Waals surface area contributed by atoms with Crippen LogP contribution in [0.2, 0.25) is 0 Å². The third kappa shape index (κ3) is 2.71. The van der Waals surface area contributed by atoms with Gasteiger partial charge in [0.1, 0.15) is 11.9 Å². The van der Waals surface area contributed by atoms with Gasteiger partial charge in [-0.25, -0.2) is 4.98 Å². The van der Waals surface area contributed by atoms with Crippen LogP contribution in [-0.2, 0) is 4.74 Å². The zero-order valence-electron chi connectivity index (χ0n) is 11.8. The average molecular weight is 273 g/mol. The van der Waals surface area contributed by atoms with Crippen molar-refractivity contribution in [3.8, 4) is 0 Å². The highest BCUT2D eigenvalue weighted by molar-refractivity contribution is 5.14. The van der Waals surface area contributed by atoms with E-state index in [-0.39, 0.29) is 6.10 Å². The lowest BCUT2D eigenvalue weighted by molar-refractivity contribution is -0.0470. The Morgan fingerprint density at radius 3 is 2.90 bits per heavy atom. The van der Waals surface area contributed by atoms with Gasteiger partial charge in [0.05, 0.1) is 6.61 Å². The molecule has 1 N–H and O–H groups in total. The fourth-order valence-corrected chi connectivity index (χ4v) is 2.53. The molecule has 1 aliphatic heterocycles. The Morgan fingerprint density at radius 1 is 1.40 bits per heavy atom. The van der Waals surface area contributed by atoms with Gasteiger partial charge in [-0.2, -0.15) is 5.10 Å². The molecule has 3 heterocycles. The molecule has 0 radical (unpaired) electrons. The maximum atomic E-state index is 5.79. The molecule has 2 aromatic heterocycles. The van der Waals surface area contributed by atoms with Crippen LogP contribution in [0.25, 0.3) is 0 Å². The van der Waals surface area contributed by atoms with Gasteiger partial charge in [-0.3, -0.25) is 15.0 Å². The van der Waals surface area contributed by atoms with Crippen LogP contribution in [0.3, 0.4) is 0 Å². The average Bonchev–Trinajstić information content (AvgIpc) is 2.94. The van der Waals surface area contributed by atoms with Crippen LogP contribution in [0.1, 0.15) is 36.3 Å². The second-order valence-corrected chi connectivity index (χ2v) is 5.09. The van der Waals surface area contributed by atoms with E-state index in [1.165, 1.54) is 5.56 Å². The van der Waals surface area contributed by atoms with Gasteiger partial charge in [-0.05, 0) is 31.5 Å². The maximum Gasteiger partial charge on any atom is 0.180 e. The van der Waals surface area contributed by atoms with Gasteiger partial charge in [0, 0.05) is 31.5 Å². The minimum Gasteiger partial charge on any atom is -0.367 e. The number of hydrogen-bond acceptors (Lipinski definition) is 5. The van der Waals surface area contributed by atoms with Crippen LogP contribution in [0.15, 0.2) is 24.5 Å². The molecule has 1 fully saturated rings. The first-order chi connectivity index (χ1) is 9.74. The summed E-state index contributed by atoms with van der Waals surface area (Å²) in [5, 5.41) is 7.08. The van der Waals surface area contributed by atoms with Crippen molar-refractivity contribution in [2.24, 2.45) is 0 Å². The van der Waals surface area contributed by atoms with E-state index in [1.807, 2.05) is 19.3 Å². The van der Waals surface area contributed by atoms with E-state index in [0.29, 0.717) is 12.6 Å². The topological polar surface area (TPSA) is 66.9 Å². The molecule has 106 valence electrons. The van der Waals surface area contributed by atoms with E-state index in [9.17, 15) is 0 Å². The summed E-state index contributed by atoms with van der Waals surface area (Å²) in [4.78, 5) is 10.8. The summed E-state index contributed by atoms with van der Waals surface area (Å²) < 4.78 is 5.79. The predicted octanol–water partition coefficient (Wildman–Crippen LogP) is 1.64. The quantitative estimate of drug-likeness (QED) is 0.921. The van der Waals surface area contributed by atoms with E-state index in [0.717, 1.165) is 24.7 Å². The number of aromatic nitrogens is 4. The molecule has 0 amide bonds. The lowest BCUT2D eigenvalue weighted by Gasteiger charge is -2.36. The molecule has 1 saturated heterocycles. The van der Waals surface area contributed by atoms with Crippen LogP contribution in [0.5, 0.6) is 0 Å². The molecular formula is C14H19N5O. The van der Waals surface area contributed by atoms with Gasteiger partial charge in [0.15, 0.2) is 5.82 Å². The monoisotopic (exact) mass is 273 g/mol. The van der Waals surface area contributed by atoms with Crippen LogP contribution in [0.4, 0.5) is 0 Å². The first-order valence-corrected chi connectivity index (χ1v) is 6.88. The first kappa shape index (κ1) is 13.2. The number of hydrogen-bond donors (Lipinski definition) is 1. The van der Waals surface area contributed by atoms with Gasteiger partial charge in [-0.15, -0.1) is 0 Å². The molecule has 6 nitrogen and oxygen atoms in total. The van der Waals surface area contributed by atoms with E-state index >= 15 is 0 Å². The Bertz CT molecular complexity index is 556. The largest absolute Gasteiger partial charge is 0.367 e. The zero-order valence-corrected chi connectivity index (χ0v) is 11.8. The number of morpholine rings is 1. The summed E-state index contributed by atoms with van der Waals surface area (Å²) >= 11 is 0. The Balaban J connectivity index is 1.72. The molecule has 0 aromatic carbocycles. The maximum absolute atomic E-state index is 5.79. The normalized spacial score (nSPS) is 21.8. The second-order valence-electron chi connectivity index (χ2n) is 5.09. The molecule has 1 aliphatic rings. The lowest BCUT2D eigenvalue weighted by Crippen LogP contribution is -2.40. The molecule has 0 unspecified atom stereocenters. The van der Waals surface area contributed by atoms with Crippen molar-refractivity contribution in [1.82, 2.24) is 25.1 Å². The molecule has 0 spiro atoms. The third-order valence-electron chi connectivity index (χ3n) is 3.74. The number of H-pyrrole nitrogens is 1. The smallest absolute Gasteiger partial charge is 0.180 e. The van der Waals surface area contributed by atoms with Crippen LogP contribution in [0, 0.1) is 6.92 Å². The van der Waals surface area contributed by atoms with Gasteiger partial charge in [0.2, 0.25) is 0 Å². The molecule has 0 aliphatic carbocycles. The molecule has 20 heavy (non-hydrogen) atoms. The lowest BCUT2D eigenvalue weighted by atomic mass is 10.1. The number of aryl methyl sites for hydroxylation is 1. The van der Waals surface area contributed by atoms with E-state index in [1.54, 1.807) is 0 Å². The summed E-state index contributed by atoms with van der Waals surface area (Å²) in [6.07, 6.45) is 3.61. The Kier molecular flexibility index (Phi) is 3.75. The summed E-state index contributed by atoms with van der Waals surface area (Å²) in [6, 6.07) is 4.46. The first-order valence-electron chi connectivity index (χ1n) is 6.88. The summed E-state index contributed by atoms with van der Waals surface area (Å²) in [6.45, 7) is 6.54. The molecule has 0 bridgehead atoms. The standard InChI is InChI=1S/C14H19N5O/c1-10(12-3-5-15-6-4-12)19-7-8-20-13(9-19)14-16-11(2)17-18-14/h3-6,10,13H,7-9H2,1-2H3,(H,16,17,18)/t10-,13-/m0/s1. The number of rotatable bonds is 3. The predicted molar refractivity (Wildman–Crippen MR) is 74.0 cm³/mol. The van der Waals surface area contributed by atoms with Crippen molar-refractivity contribution in [2.45, 2.75) is 26.0 Å². The van der Waals surface area contributed by atoms with Crippen molar-refractivity contribution in [1.29, 1.82) is 0 Å². The molecule has 0 saturated carbocycles. The summed E-state index contributed by atoms with van der Waals surface area (Å²) in [5.74, 6) is 1.57. The third-order valence-corrected chi connectivity index (χ3v) is 3.74. The summed E-state index contributed by atoms with van der Waals surface area (Å²) in [7, 11) is 0. The SMILES string of the molecule is Cc1nc([C@@H]2CN([C@@H](C)c3ccncc3)CCO2)n[nH]1. The minimum atomic E-state index is -0.0574. The Morgan fingerprint density at radius 2 is 2.20 bits per heavy atom. The Hall–Kier alpha value is -1.79. The Labute approximate surface area is 118 Å². The highest BCUT2D eigenvalue weighted by atomic mass is 16.5. The van der Waals surface area contributed by atoms with Crippen molar-refractivity contribution >= 4 is 0 Å². The van der Waals surface area contributed by atoms with Crippen molar-refractivity contribution in [3.05, 3.63) is 41.7 Å². The van der Waals surface area contributed by atoms with Gasteiger partial charge in [0.25, 0.3) is 0 Å². The van der Waals surface area contributed by atoms with E-state index < -0.39 is 0 Å². The van der Waals surface area contributed by atoms with Crippen LogP contribution < -0.4 is 0 Å². The highest BCUT2D eigenvalue weighted by Gasteiger charge is 2.28. The van der Waals surface area contributed by atoms with Gasteiger partial charge in [-0.1, -0.05) is 0 Å². The second kappa shape index (κ2) is 5.68. The fraction of sp³-hybridized carbons (Fsp3) is 0.500. The van der Waals surface area contributed by atoms with Gasteiger partial charge >= 0.3 is 0 Å². The number of ether oxygens (including phenoxy) is 1. The van der Waals surface area contributed by atoms with Crippen molar-refractivity contribution < 1.29 is 4.74 Å². The summed E-state index contributed by atoms with van der Waals surface area (Å²) in [5.41, 5.74) is 1.27. The van der Waals surface area contributed by atoms with Crippen LogP contribution >= 0.6 is 0 Å². The highest BCUT2D eigenvalue weighted by Crippen LogP contribution is 2.26. The number of pyridine rings is 1. The van der Waals surface area contributed by atoms with Gasteiger partial charge < -0.3 is 4.74 Å². The molecule has 6 heteroatoms. The molecule has 2 aromatic rings. The van der Waals surface area contributed by atoms with Crippen molar-refractivity contribution in [2.75, 3.05) is 19.7 Å². The van der Waals surface area contributed by atoms with Crippen LogP contribution in [-0.4, -0.2) is 44.8 Å². The molecular weight excluding hydrogens is 254 g/mol. The molecule has 2 atom stereocenters. The number of nitrogens with one attached hydrogen (secondary N) is 1. The van der Waals surface area contributed by atoms with E-state index in [2.05, 4.69) is 44.1 Å². The number of nitrogens with zero attached hydrogens (tertiary/aromatic N) is 4. The molecule has 3 rings (SSSR count). The fourth-order valence-electron chi connectivity index (χ4n) is 2.53. The van der Waals surface area contributed by atoms with E-state index in [4.69, 9.17) is 4.74 Å².